The van der Waals surface area contributed by atoms with Crippen LogP contribution in [0.4, 0.5) is 0 Å². The molecule has 0 amide bonds. The molecule has 1 heterocycles. The Kier molecular flexibility index (Phi) is 6.85. The van der Waals surface area contributed by atoms with Crippen LogP contribution in [-0.2, 0) is 33.4 Å². The molecular formula is C25H34O9. The Hall–Kier alpha value is -2.52. The van der Waals surface area contributed by atoms with Crippen LogP contribution in [0.25, 0.3) is 0 Å². The average molecular weight is 479 g/mol. The highest BCUT2D eigenvalue weighted by Crippen LogP contribution is 2.54. The highest BCUT2D eigenvalue weighted by Gasteiger charge is 2.69. The number of fused-ring (bicyclic) bond motifs is 2. The molecular weight excluding hydrogens is 444 g/mol. The number of esters is 3. The van der Waals surface area contributed by atoms with Crippen molar-refractivity contribution in [3.63, 3.8) is 0 Å². The normalized spacial score (nSPS) is 42.1. The molecule has 8 atom stereocenters. The average Bonchev–Trinajstić information content (AvgIpc) is 2.96. The Morgan fingerprint density at radius 3 is 2.44 bits per heavy atom. The third-order valence-electron chi connectivity index (χ3n) is 7.66. The molecule has 9 nitrogen and oxygen atoms in total. The van der Waals surface area contributed by atoms with Gasteiger partial charge in [-0.25, -0.2) is 0 Å². The van der Waals surface area contributed by atoms with E-state index in [0.29, 0.717) is 12.8 Å². The second-order valence-corrected chi connectivity index (χ2v) is 10.1. The summed E-state index contributed by atoms with van der Waals surface area (Å²) >= 11 is 0. The molecule has 1 saturated heterocycles. The summed E-state index contributed by atoms with van der Waals surface area (Å²) in [5, 5.41) is 23.7. The highest BCUT2D eigenvalue weighted by atomic mass is 16.6. The first kappa shape index (κ1) is 26.1. The van der Waals surface area contributed by atoms with E-state index in [0.717, 1.165) is 5.57 Å². The van der Waals surface area contributed by atoms with E-state index in [1.54, 1.807) is 32.9 Å². The van der Waals surface area contributed by atoms with Gasteiger partial charge in [-0.05, 0) is 45.8 Å². The van der Waals surface area contributed by atoms with Crippen molar-refractivity contribution in [2.45, 2.75) is 90.3 Å². The summed E-state index contributed by atoms with van der Waals surface area (Å²) in [4.78, 5) is 50.2. The number of aliphatic hydroxyl groups is 2. The Morgan fingerprint density at radius 2 is 1.85 bits per heavy atom. The van der Waals surface area contributed by atoms with Crippen LogP contribution in [0, 0.1) is 17.3 Å². The van der Waals surface area contributed by atoms with E-state index < -0.39 is 70.5 Å². The van der Waals surface area contributed by atoms with Crippen LogP contribution in [-0.4, -0.2) is 63.4 Å². The first-order chi connectivity index (χ1) is 15.7. The molecule has 0 radical (unpaired) electrons. The first-order valence-electron chi connectivity index (χ1n) is 11.6. The van der Waals surface area contributed by atoms with Crippen molar-refractivity contribution < 1.29 is 43.6 Å². The number of rotatable bonds is 3. The van der Waals surface area contributed by atoms with Gasteiger partial charge in [0.15, 0.2) is 17.5 Å². The van der Waals surface area contributed by atoms with Crippen molar-refractivity contribution in [3.8, 4) is 0 Å². The molecule has 0 aromatic heterocycles. The number of hydrogen-bond donors (Lipinski definition) is 2. The van der Waals surface area contributed by atoms with E-state index in [1.165, 1.54) is 26.8 Å². The minimum atomic E-state index is -2.12. The second kappa shape index (κ2) is 8.92. The van der Waals surface area contributed by atoms with Crippen molar-refractivity contribution >= 4 is 23.7 Å². The lowest BCUT2D eigenvalue weighted by Crippen LogP contribution is -2.68. The predicted molar refractivity (Wildman–Crippen MR) is 119 cm³/mol. The van der Waals surface area contributed by atoms with Gasteiger partial charge in [-0.3, -0.25) is 19.2 Å². The molecule has 1 aliphatic heterocycles. The van der Waals surface area contributed by atoms with Gasteiger partial charge in [0.1, 0.15) is 17.8 Å². The largest absolute Gasteiger partial charge is 0.462 e. The summed E-state index contributed by atoms with van der Waals surface area (Å²) in [5.41, 5.74) is -4.69. The maximum atomic E-state index is 12.9. The van der Waals surface area contributed by atoms with Crippen LogP contribution >= 0.6 is 0 Å². The van der Waals surface area contributed by atoms with Crippen molar-refractivity contribution in [1.82, 2.24) is 0 Å². The monoisotopic (exact) mass is 478 g/mol. The van der Waals surface area contributed by atoms with Gasteiger partial charge in [0.2, 0.25) is 0 Å². The smallest absolute Gasteiger partial charge is 0.312 e. The van der Waals surface area contributed by atoms with Crippen molar-refractivity contribution in [1.29, 1.82) is 0 Å². The van der Waals surface area contributed by atoms with E-state index >= 15 is 0 Å². The Balaban J connectivity index is 2.36. The molecule has 0 bridgehead atoms. The zero-order chi connectivity index (χ0) is 25.6. The summed E-state index contributed by atoms with van der Waals surface area (Å²) in [6.45, 7) is 9.06. The fourth-order valence-electron chi connectivity index (χ4n) is 5.60. The fourth-order valence-corrected chi connectivity index (χ4v) is 5.60. The minimum Gasteiger partial charge on any atom is -0.462 e. The number of ether oxygens (including phenoxy) is 3. The van der Waals surface area contributed by atoms with Crippen LogP contribution < -0.4 is 0 Å². The topological polar surface area (TPSA) is 136 Å². The van der Waals surface area contributed by atoms with Gasteiger partial charge < -0.3 is 24.4 Å². The van der Waals surface area contributed by atoms with Gasteiger partial charge in [0.25, 0.3) is 0 Å². The maximum Gasteiger partial charge on any atom is 0.312 e. The standard InChI is InChI=1S/C25H34O9/c1-7-19(28)34-21-20-23(5,11-10-16(27)24(20,6)30)17(32-15(4)26)9-8-13(2)12-18-25(21,31)14(3)22(29)33-18/h10-12,14,17-18,20-21,30-31H,7-9H2,1-6H3. The third-order valence-corrected chi connectivity index (χ3v) is 7.66. The van der Waals surface area contributed by atoms with E-state index in [1.807, 2.05) is 0 Å². The van der Waals surface area contributed by atoms with Crippen molar-refractivity contribution in [3.05, 3.63) is 23.8 Å². The zero-order valence-electron chi connectivity index (χ0n) is 20.5. The molecule has 188 valence electrons. The first-order valence-corrected chi connectivity index (χ1v) is 11.6. The molecule has 0 saturated carbocycles. The molecule has 8 unspecified atom stereocenters. The van der Waals surface area contributed by atoms with E-state index in [4.69, 9.17) is 14.2 Å². The van der Waals surface area contributed by atoms with E-state index in [9.17, 15) is 29.4 Å². The van der Waals surface area contributed by atoms with E-state index in [2.05, 4.69) is 0 Å². The molecule has 2 aliphatic carbocycles. The molecule has 0 aromatic rings. The Labute approximate surface area is 199 Å². The molecule has 1 fully saturated rings. The van der Waals surface area contributed by atoms with Crippen LogP contribution in [0.5, 0.6) is 0 Å². The maximum absolute atomic E-state index is 12.9. The second-order valence-electron chi connectivity index (χ2n) is 10.1. The molecule has 0 aromatic carbocycles. The summed E-state index contributed by atoms with van der Waals surface area (Å²) in [7, 11) is 0. The van der Waals surface area contributed by atoms with E-state index in [-0.39, 0.29) is 6.42 Å². The van der Waals surface area contributed by atoms with Crippen LogP contribution in [0.3, 0.4) is 0 Å². The number of ketones is 1. The van der Waals surface area contributed by atoms with Gasteiger partial charge in [0.05, 0.1) is 5.92 Å². The summed E-state index contributed by atoms with van der Waals surface area (Å²) in [5.74, 6) is -5.00. The minimum absolute atomic E-state index is 0.0436. The third kappa shape index (κ3) is 4.09. The highest BCUT2D eigenvalue weighted by molar-refractivity contribution is 5.98. The fraction of sp³-hybridized carbons (Fsp3) is 0.680. The summed E-state index contributed by atoms with van der Waals surface area (Å²) in [6.07, 6.45) is 1.53. The number of carbonyl (C=O) groups excluding carboxylic acids is 4. The lowest BCUT2D eigenvalue weighted by molar-refractivity contribution is -0.225. The molecule has 34 heavy (non-hydrogen) atoms. The molecule has 2 N–H and O–H groups in total. The number of allylic oxidation sites excluding steroid dienone is 1. The molecule has 3 aliphatic rings. The number of hydrogen-bond acceptors (Lipinski definition) is 9. The van der Waals surface area contributed by atoms with Gasteiger partial charge in [-0.15, -0.1) is 0 Å². The SMILES string of the molecule is CCC(=O)OC1C2C(C)(O)C(=O)C=CC2(C)C(OC(C)=O)CCC(C)=CC2OC(=O)C(C)C21O. The lowest BCUT2D eigenvalue weighted by Gasteiger charge is -2.54. The Morgan fingerprint density at radius 1 is 1.21 bits per heavy atom. The van der Waals surface area contributed by atoms with Crippen LogP contribution in [0.15, 0.2) is 23.8 Å². The van der Waals surface area contributed by atoms with Crippen LogP contribution in [0.1, 0.15) is 60.8 Å². The van der Waals surface area contributed by atoms with Gasteiger partial charge in [-0.2, -0.15) is 0 Å². The van der Waals surface area contributed by atoms with Crippen LogP contribution in [0.2, 0.25) is 0 Å². The zero-order valence-corrected chi connectivity index (χ0v) is 20.5. The summed E-state index contributed by atoms with van der Waals surface area (Å²) in [6, 6.07) is 0. The molecule has 3 rings (SSSR count). The van der Waals surface area contributed by atoms with Gasteiger partial charge in [-0.1, -0.05) is 25.5 Å². The quantitative estimate of drug-likeness (QED) is 0.353. The predicted octanol–water partition coefficient (Wildman–Crippen LogP) is 1.78. The molecule has 0 spiro atoms. The van der Waals surface area contributed by atoms with Gasteiger partial charge in [0, 0.05) is 24.7 Å². The molecule has 9 heteroatoms. The Bertz CT molecular complexity index is 948. The van der Waals surface area contributed by atoms with Crippen molar-refractivity contribution in [2.75, 3.05) is 0 Å². The number of carbonyl (C=O) groups is 4. The summed E-state index contributed by atoms with van der Waals surface area (Å²) < 4.78 is 17.0. The van der Waals surface area contributed by atoms with Crippen molar-refractivity contribution in [2.24, 2.45) is 17.3 Å². The van der Waals surface area contributed by atoms with Gasteiger partial charge >= 0.3 is 17.9 Å². The lowest BCUT2D eigenvalue weighted by atomic mass is 9.55.